The fraction of sp³-hybridized carbons (Fsp3) is 0. The van der Waals surface area contributed by atoms with Crippen molar-refractivity contribution >= 4 is 56.3 Å². The van der Waals surface area contributed by atoms with Gasteiger partial charge in [-0.15, -0.1) is 15.7 Å². The molecule has 1 aromatic carbocycles. The molecule has 10 heteroatoms. The van der Waals surface area contributed by atoms with Crippen molar-refractivity contribution in [1.82, 2.24) is 4.98 Å². The van der Waals surface area contributed by atoms with Crippen molar-refractivity contribution in [3.8, 4) is 10.4 Å². The number of carbonyl (C=O) groups excluding carboxylic acids is 2. The molecule has 0 radical (unpaired) electrons. The van der Waals surface area contributed by atoms with Crippen molar-refractivity contribution in [1.29, 1.82) is 0 Å². The molecular formula is C15H11N5O3S2. The Labute approximate surface area is 149 Å². The van der Waals surface area contributed by atoms with E-state index in [0.717, 1.165) is 15.0 Å². The zero-order valence-corrected chi connectivity index (χ0v) is 14.2. The summed E-state index contributed by atoms with van der Waals surface area (Å²) >= 11 is 1.30. The molecule has 0 aliphatic heterocycles. The molecule has 3 amide bonds. The number of rotatable bonds is 3. The van der Waals surface area contributed by atoms with Crippen molar-refractivity contribution in [3.63, 3.8) is 0 Å². The number of aromatic nitrogens is 1. The minimum Gasteiger partial charge on any atom is -0.383 e. The van der Waals surface area contributed by atoms with E-state index < -0.39 is 11.9 Å². The summed E-state index contributed by atoms with van der Waals surface area (Å²) in [6.07, 6.45) is 1.28. The number of thiophene rings is 1. The molecule has 8 nitrogen and oxygen atoms in total. The van der Waals surface area contributed by atoms with Gasteiger partial charge in [0.15, 0.2) is 0 Å². The molecule has 2 aromatic heterocycles. The number of benzene rings is 1. The van der Waals surface area contributed by atoms with Gasteiger partial charge in [-0.25, -0.2) is 9.78 Å². The number of nitrogens with two attached hydrogens (primary N) is 2. The number of nitrogens with zero attached hydrogens (tertiary/aromatic N) is 2. The molecule has 2 heterocycles. The smallest absolute Gasteiger partial charge is 0.316 e. The predicted octanol–water partition coefficient (Wildman–Crippen LogP) is 2.57. The number of amides is 3. The Kier molecular flexibility index (Phi) is 4.55. The summed E-state index contributed by atoms with van der Waals surface area (Å²) in [5, 5.41) is 3.39. The fourth-order valence-electron chi connectivity index (χ4n) is 2.27. The van der Waals surface area contributed by atoms with Gasteiger partial charge in [0.2, 0.25) is 11.5 Å². The Morgan fingerprint density at radius 2 is 2.04 bits per heavy atom. The van der Waals surface area contributed by atoms with Crippen molar-refractivity contribution in [3.05, 3.63) is 42.1 Å². The van der Waals surface area contributed by atoms with E-state index in [-0.39, 0.29) is 22.8 Å². The van der Waals surface area contributed by atoms with Crippen LogP contribution in [0.3, 0.4) is 0 Å². The van der Waals surface area contributed by atoms with Gasteiger partial charge in [-0.1, -0.05) is 0 Å². The van der Waals surface area contributed by atoms with Gasteiger partial charge in [0.1, 0.15) is 5.82 Å². The Balaban J connectivity index is 2.06. The van der Waals surface area contributed by atoms with E-state index in [9.17, 15) is 13.8 Å². The van der Waals surface area contributed by atoms with Gasteiger partial charge in [-0.2, -0.15) is 4.21 Å². The van der Waals surface area contributed by atoms with Gasteiger partial charge in [0.05, 0.1) is 5.56 Å². The standard InChI is InChI=1S/C15H11N5O3S2/c16-13-10(4-8(6-18-13)14(21)20-25-23)12-5-7-3-9(19-15(17)22)1-2-11(7)24-12/h1-6H,(H2,16,18)(H3,17,19,22). The highest BCUT2D eigenvalue weighted by molar-refractivity contribution is 7.55. The second-order valence-electron chi connectivity index (χ2n) is 4.98. The maximum absolute atomic E-state index is 11.7. The number of hydrogen-bond acceptors (Lipinski definition) is 6. The molecule has 0 aliphatic rings. The van der Waals surface area contributed by atoms with E-state index in [2.05, 4.69) is 14.7 Å². The lowest BCUT2D eigenvalue weighted by molar-refractivity contribution is 0.100. The average molecular weight is 373 g/mol. The molecule has 3 aromatic rings. The van der Waals surface area contributed by atoms with Gasteiger partial charge in [0, 0.05) is 27.0 Å². The van der Waals surface area contributed by atoms with Gasteiger partial charge < -0.3 is 16.8 Å². The van der Waals surface area contributed by atoms with Gasteiger partial charge >= 0.3 is 6.03 Å². The lowest BCUT2D eigenvalue weighted by atomic mass is 10.1. The maximum atomic E-state index is 11.7. The highest BCUT2D eigenvalue weighted by Crippen LogP contribution is 2.37. The summed E-state index contributed by atoms with van der Waals surface area (Å²) < 4.78 is 14.6. The first-order valence-electron chi connectivity index (χ1n) is 6.88. The number of carbonyl (C=O) groups is 2. The van der Waals surface area contributed by atoms with E-state index in [1.807, 2.05) is 12.1 Å². The van der Waals surface area contributed by atoms with Crippen molar-refractivity contribution in [2.75, 3.05) is 11.1 Å². The number of fused-ring (bicyclic) bond motifs is 1. The predicted molar refractivity (Wildman–Crippen MR) is 97.6 cm³/mol. The van der Waals surface area contributed by atoms with Crippen LogP contribution in [-0.4, -0.2) is 21.1 Å². The van der Waals surface area contributed by atoms with Crippen LogP contribution in [0.2, 0.25) is 0 Å². The molecule has 5 N–H and O–H groups in total. The van der Waals surface area contributed by atoms with Crippen LogP contribution in [-0.2, 0) is 11.5 Å². The van der Waals surface area contributed by atoms with Crippen LogP contribution in [0.5, 0.6) is 0 Å². The largest absolute Gasteiger partial charge is 0.383 e. The van der Waals surface area contributed by atoms with E-state index in [0.29, 0.717) is 11.3 Å². The zero-order chi connectivity index (χ0) is 18.0. The van der Waals surface area contributed by atoms with Crippen LogP contribution < -0.4 is 16.8 Å². The first kappa shape index (κ1) is 16.7. The molecular weight excluding hydrogens is 362 g/mol. The molecule has 25 heavy (non-hydrogen) atoms. The number of nitrogen functional groups attached to an aromatic ring is 1. The van der Waals surface area contributed by atoms with Crippen LogP contribution in [0.1, 0.15) is 10.4 Å². The lowest BCUT2D eigenvalue weighted by Crippen LogP contribution is -2.19. The summed E-state index contributed by atoms with van der Waals surface area (Å²) in [6.45, 7) is 0. The minimum absolute atomic E-state index is 0.155. The first-order chi connectivity index (χ1) is 12.0. The van der Waals surface area contributed by atoms with Crippen LogP contribution in [0.15, 0.2) is 40.9 Å². The first-order valence-corrected chi connectivity index (χ1v) is 8.39. The second kappa shape index (κ2) is 6.79. The third-order valence-electron chi connectivity index (χ3n) is 3.33. The van der Waals surface area contributed by atoms with Gasteiger partial charge in [-0.05, 0) is 35.7 Å². The highest BCUT2D eigenvalue weighted by atomic mass is 32.1. The van der Waals surface area contributed by atoms with Crippen molar-refractivity contribution < 1.29 is 13.8 Å². The number of anilines is 2. The van der Waals surface area contributed by atoms with Crippen LogP contribution in [0.4, 0.5) is 16.3 Å². The Morgan fingerprint density at radius 1 is 1.24 bits per heavy atom. The molecule has 0 unspecified atom stereocenters. The average Bonchev–Trinajstić information content (AvgIpc) is 2.97. The van der Waals surface area contributed by atoms with Crippen molar-refractivity contribution in [2.24, 2.45) is 10.1 Å². The topological polar surface area (TPSA) is 141 Å². The number of pyridine rings is 1. The number of hydrogen-bond donors (Lipinski definition) is 3. The van der Waals surface area contributed by atoms with Gasteiger partial charge in [0.25, 0.3) is 5.91 Å². The van der Waals surface area contributed by atoms with E-state index in [1.165, 1.54) is 17.5 Å². The lowest BCUT2D eigenvalue weighted by Gasteiger charge is -2.03. The second-order valence-corrected chi connectivity index (χ2v) is 6.40. The Bertz CT molecular complexity index is 1060. The molecule has 0 bridgehead atoms. The van der Waals surface area contributed by atoms with E-state index >= 15 is 0 Å². The monoisotopic (exact) mass is 373 g/mol. The van der Waals surface area contributed by atoms with Crippen LogP contribution >= 0.6 is 11.3 Å². The van der Waals surface area contributed by atoms with E-state index in [1.54, 1.807) is 18.2 Å². The Hall–Kier alpha value is -3.11. The third-order valence-corrected chi connectivity index (χ3v) is 4.72. The quantitative estimate of drug-likeness (QED) is 0.647. The van der Waals surface area contributed by atoms with Crippen molar-refractivity contribution in [2.45, 2.75) is 0 Å². The third kappa shape index (κ3) is 3.54. The highest BCUT2D eigenvalue weighted by Gasteiger charge is 2.13. The number of nitrogens with one attached hydrogen (secondary N) is 1. The maximum Gasteiger partial charge on any atom is 0.316 e. The number of urea groups is 1. The summed E-state index contributed by atoms with van der Waals surface area (Å²) in [4.78, 5) is 27.5. The summed E-state index contributed by atoms with van der Waals surface area (Å²) in [6, 6.07) is 8.14. The number of primary amides is 1. The molecule has 0 fully saturated rings. The summed E-state index contributed by atoms with van der Waals surface area (Å²) in [5.41, 5.74) is 12.4. The summed E-state index contributed by atoms with van der Waals surface area (Å²) in [7, 11) is 0. The normalized spacial score (nSPS) is 10.4. The zero-order valence-electron chi connectivity index (χ0n) is 12.6. The molecule has 0 saturated carbocycles. The van der Waals surface area contributed by atoms with E-state index in [4.69, 9.17) is 11.5 Å². The van der Waals surface area contributed by atoms with Gasteiger partial charge in [-0.3, -0.25) is 4.79 Å². The molecule has 3 rings (SSSR count). The molecule has 0 saturated heterocycles. The molecule has 0 aliphatic carbocycles. The van der Waals surface area contributed by atoms with Crippen LogP contribution in [0, 0.1) is 0 Å². The molecule has 0 atom stereocenters. The summed E-state index contributed by atoms with van der Waals surface area (Å²) in [5.74, 6) is -0.406. The minimum atomic E-state index is -0.664. The molecule has 0 spiro atoms. The molecule has 126 valence electrons. The fourth-order valence-corrected chi connectivity index (χ4v) is 3.51. The van der Waals surface area contributed by atoms with Crippen LogP contribution in [0.25, 0.3) is 20.5 Å². The SMILES string of the molecule is NC(=O)Nc1ccc2sc(-c3cc(C(=O)N=S=O)cnc3N)cc2c1. The Morgan fingerprint density at radius 3 is 2.76 bits per heavy atom.